The number of nitrogens with one attached hydrogen (secondary N) is 3. The molecule has 0 aliphatic rings. The molecule has 7 nitrogen and oxygen atoms in total. The number of primary amides is 1. The minimum Gasteiger partial charge on any atom is -0.368 e. The zero-order valence-electron chi connectivity index (χ0n) is 16.9. The van der Waals surface area contributed by atoms with Crippen molar-refractivity contribution in [3.63, 3.8) is 0 Å². The number of nitrogens with two attached hydrogens (primary N) is 1. The van der Waals surface area contributed by atoms with Gasteiger partial charge in [-0.25, -0.2) is 0 Å². The fourth-order valence-electron chi connectivity index (χ4n) is 2.67. The van der Waals surface area contributed by atoms with E-state index in [9.17, 15) is 9.59 Å². The summed E-state index contributed by atoms with van der Waals surface area (Å²) in [5.74, 6) is -0.207. The first-order valence-electron chi connectivity index (χ1n) is 9.05. The molecule has 8 heteroatoms. The highest BCUT2D eigenvalue weighted by atomic mass is 127. The number of halogens is 1. The summed E-state index contributed by atoms with van der Waals surface area (Å²) in [5.41, 5.74) is 10.2. The van der Waals surface area contributed by atoms with Gasteiger partial charge in [0.2, 0.25) is 5.91 Å². The van der Waals surface area contributed by atoms with E-state index in [1.807, 2.05) is 12.1 Å². The van der Waals surface area contributed by atoms with E-state index in [2.05, 4.69) is 53.0 Å². The van der Waals surface area contributed by atoms with Crippen LogP contribution in [0.3, 0.4) is 0 Å². The zero-order chi connectivity index (χ0) is 20.5. The smallest absolute Gasteiger partial charge is 0.251 e. The number of aryl methyl sites for hydroxylation is 2. The summed E-state index contributed by atoms with van der Waals surface area (Å²) < 4.78 is 0. The molecule has 29 heavy (non-hydrogen) atoms. The standard InChI is InChI=1S/C21H27N5O2.HI/c1-14-4-7-18(15(2)10-14)12-26-21(23-3)25-11-16-5-8-17(9-6-16)20(28)24-13-19(22)27;/h4-10H,11-13H2,1-3H3,(H2,22,27)(H,24,28)(H2,23,25,26);1H. The Morgan fingerprint density at radius 1 is 0.966 bits per heavy atom. The van der Waals surface area contributed by atoms with Crippen LogP contribution in [0.25, 0.3) is 0 Å². The lowest BCUT2D eigenvalue weighted by Gasteiger charge is -2.14. The van der Waals surface area contributed by atoms with Gasteiger partial charge in [0.05, 0.1) is 6.54 Å². The molecule has 0 aliphatic heterocycles. The second kappa shape index (κ2) is 12.1. The predicted molar refractivity (Wildman–Crippen MR) is 126 cm³/mol. The maximum absolute atomic E-state index is 11.9. The van der Waals surface area contributed by atoms with Crippen molar-refractivity contribution in [3.8, 4) is 0 Å². The van der Waals surface area contributed by atoms with E-state index in [0.29, 0.717) is 24.6 Å². The molecule has 0 aliphatic carbocycles. The van der Waals surface area contributed by atoms with Crippen LogP contribution in [0.1, 0.15) is 32.6 Å². The van der Waals surface area contributed by atoms with Crippen molar-refractivity contribution in [1.29, 1.82) is 0 Å². The molecule has 0 aromatic heterocycles. The number of rotatable bonds is 7. The van der Waals surface area contributed by atoms with E-state index in [4.69, 9.17) is 5.73 Å². The fraction of sp³-hybridized carbons (Fsp3) is 0.286. The number of aliphatic imine (C=N–C) groups is 1. The van der Waals surface area contributed by atoms with Crippen molar-refractivity contribution >= 4 is 41.8 Å². The van der Waals surface area contributed by atoms with Crippen LogP contribution in [-0.2, 0) is 17.9 Å². The average Bonchev–Trinajstić information content (AvgIpc) is 2.68. The molecule has 2 amide bonds. The van der Waals surface area contributed by atoms with Gasteiger partial charge < -0.3 is 21.7 Å². The van der Waals surface area contributed by atoms with E-state index in [-0.39, 0.29) is 36.4 Å². The molecule has 0 unspecified atom stereocenters. The number of hydrogen-bond donors (Lipinski definition) is 4. The molecular formula is C21H28IN5O2. The summed E-state index contributed by atoms with van der Waals surface area (Å²) in [6.07, 6.45) is 0. The van der Waals surface area contributed by atoms with Gasteiger partial charge in [0.1, 0.15) is 0 Å². The zero-order valence-corrected chi connectivity index (χ0v) is 19.2. The third kappa shape index (κ3) is 8.10. The molecule has 0 atom stereocenters. The van der Waals surface area contributed by atoms with Crippen LogP contribution in [-0.4, -0.2) is 31.4 Å². The maximum Gasteiger partial charge on any atom is 0.251 e. The summed E-state index contributed by atoms with van der Waals surface area (Å²) in [4.78, 5) is 26.8. The Labute approximate surface area is 188 Å². The van der Waals surface area contributed by atoms with Gasteiger partial charge in [0.15, 0.2) is 5.96 Å². The summed E-state index contributed by atoms with van der Waals surface area (Å²) >= 11 is 0. The Hall–Kier alpha value is -2.62. The van der Waals surface area contributed by atoms with Crippen LogP contribution >= 0.6 is 24.0 Å². The minimum atomic E-state index is -0.575. The number of guanidine groups is 1. The van der Waals surface area contributed by atoms with E-state index < -0.39 is 5.91 Å². The molecule has 0 saturated carbocycles. The molecule has 0 heterocycles. The van der Waals surface area contributed by atoms with Gasteiger partial charge >= 0.3 is 0 Å². The van der Waals surface area contributed by atoms with Crippen molar-refractivity contribution in [3.05, 3.63) is 70.3 Å². The number of benzene rings is 2. The van der Waals surface area contributed by atoms with Crippen LogP contribution < -0.4 is 21.7 Å². The average molecular weight is 509 g/mol. The number of nitrogens with zero attached hydrogens (tertiary/aromatic N) is 1. The number of hydrogen-bond acceptors (Lipinski definition) is 3. The maximum atomic E-state index is 11.9. The van der Waals surface area contributed by atoms with Crippen molar-refractivity contribution in [1.82, 2.24) is 16.0 Å². The van der Waals surface area contributed by atoms with Gasteiger partial charge in [-0.1, -0.05) is 35.9 Å². The number of carbonyl (C=O) groups is 2. The summed E-state index contributed by atoms with van der Waals surface area (Å²) in [6, 6.07) is 13.5. The highest BCUT2D eigenvalue weighted by Gasteiger charge is 2.07. The van der Waals surface area contributed by atoms with Gasteiger partial charge in [0.25, 0.3) is 5.91 Å². The van der Waals surface area contributed by atoms with Crippen molar-refractivity contribution in [2.45, 2.75) is 26.9 Å². The van der Waals surface area contributed by atoms with E-state index >= 15 is 0 Å². The highest BCUT2D eigenvalue weighted by Crippen LogP contribution is 2.10. The molecule has 2 aromatic rings. The van der Waals surface area contributed by atoms with E-state index in [1.54, 1.807) is 19.2 Å². The van der Waals surface area contributed by atoms with Gasteiger partial charge in [-0.05, 0) is 42.7 Å². The highest BCUT2D eigenvalue weighted by molar-refractivity contribution is 14.0. The SMILES string of the molecule is CN=C(NCc1ccc(C(=O)NCC(N)=O)cc1)NCc1ccc(C)cc1C.I. The molecule has 5 N–H and O–H groups in total. The molecule has 0 radical (unpaired) electrons. The normalized spacial score (nSPS) is 10.7. The van der Waals surface area contributed by atoms with Crippen LogP contribution in [0.4, 0.5) is 0 Å². The summed E-state index contributed by atoms with van der Waals surface area (Å²) in [5, 5.41) is 9.02. The van der Waals surface area contributed by atoms with Gasteiger partial charge in [-0.15, -0.1) is 24.0 Å². The van der Waals surface area contributed by atoms with Crippen LogP contribution in [0.5, 0.6) is 0 Å². The molecule has 0 bridgehead atoms. The molecule has 0 spiro atoms. The van der Waals surface area contributed by atoms with Gasteiger partial charge in [-0.3, -0.25) is 14.6 Å². The first kappa shape index (κ1) is 24.4. The van der Waals surface area contributed by atoms with E-state index in [1.165, 1.54) is 16.7 Å². The van der Waals surface area contributed by atoms with Crippen molar-refractivity contribution in [2.75, 3.05) is 13.6 Å². The Kier molecular flexibility index (Phi) is 10.1. The van der Waals surface area contributed by atoms with Crippen LogP contribution in [0.15, 0.2) is 47.5 Å². The van der Waals surface area contributed by atoms with Gasteiger partial charge in [-0.2, -0.15) is 0 Å². The van der Waals surface area contributed by atoms with Crippen molar-refractivity contribution < 1.29 is 9.59 Å². The summed E-state index contributed by atoms with van der Waals surface area (Å²) in [6.45, 7) is 5.25. The monoisotopic (exact) mass is 509 g/mol. The first-order valence-corrected chi connectivity index (χ1v) is 9.05. The van der Waals surface area contributed by atoms with Crippen LogP contribution in [0.2, 0.25) is 0 Å². The molecule has 0 fully saturated rings. The third-order valence-electron chi connectivity index (χ3n) is 4.27. The summed E-state index contributed by atoms with van der Waals surface area (Å²) in [7, 11) is 1.73. The topological polar surface area (TPSA) is 109 Å². The third-order valence-corrected chi connectivity index (χ3v) is 4.27. The first-order chi connectivity index (χ1) is 13.4. The Balaban J connectivity index is 0.00000420. The lowest BCUT2D eigenvalue weighted by molar-refractivity contribution is -0.117. The van der Waals surface area contributed by atoms with Crippen LogP contribution in [0, 0.1) is 13.8 Å². The molecular weight excluding hydrogens is 481 g/mol. The molecule has 2 rings (SSSR count). The molecule has 156 valence electrons. The Bertz CT molecular complexity index is 866. The number of amides is 2. The second-order valence-corrected chi connectivity index (χ2v) is 6.56. The molecule has 2 aromatic carbocycles. The molecule has 0 saturated heterocycles. The second-order valence-electron chi connectivity index (χ2n) is 6.56. The fourth-order valence-corrected chi connectivity index (χ4v) is 2.67. The lowest BCUT2D eigenvalue weighted by atomic mass is 10.1. The van der Waals surface area contributed by atoms with E-state index in [0.717, 1.165) is 5.56 Å². The van der Waals surface area contributed by atoms with Crippen molar-refractivity contribution in [2.24, 2.45) is 10.7 Å². The minimum absolute atomic E-state index is 0. The number of carbonyl (C=O) groups excluding carboxylic acids is 2. The largest absolute Gasteiger partial charge is 0.368 e. The predicted octanol–water partition coefficient (Wildman–Crippen LogP) is 2.00. The lowest BCUT2D eigenvalue weighted by Crippen LogP contribution is -2.36. The van der Waals surface area contributed by atoms with Gasteiger partial charge in [0, 0.05) is 25.7 Å². The Morgan fingerprint density at radius 3 is 2.21 bits per heavy atom. The quantitative estimate of drug-likeness (QED) is 0.260. The Morgan fingerprint density at radius 2 is 1.62 bits per heavy atom.